The molecule has 50 heavy (non-hydrogen) atoms. The molecule has 0 aromatic heterocycles. The molecule has 0 fully saturated rings. The number of carboxylic acid groups (broad SMARTS) is 1. The van der Waals surface area contributed by atoms with E-state index < -0.39 is 53.1 Å². The molecular weight excluding hydrogens is 695 g/mol. The lowest BCUT2D eigenvalue weighted by Gasteiger charge is -2.11. The molecule has 19 heteroatoms. The van der Waals surface area contributed by atoms with E-state index in [1.165, 1.54) is 25.3 Å². The highest BCUT2D eigenvalue weighted by Gasteiger charge is 2.24. The SMILES string of the molecule is COc1cc(N=Nc2cccc(C(=O)O)c2)ccc1N=Nc1ccc(N=Nc2c(S(=O)(=O)O)cc3cc(S(=O)(=O)O)c(N)cc3c2O)cc1C. The number of phenolic OH excluding ortho intramolecular Hbond substituents is 1. The van der Waals surface area contributed by atoms with E-state index in [0.29, 0.717) is 34.1 Å². The van der Waals surface area contributed by atoms with Gasteiger partial charge >= 0.3 is 5.97 Å². The number of ether oxygens (including phenoxy) is 1. The molecule has 0 spiro atoms. The van der Waals surface area contributed by atoms with E-state index in [0.717, 1.165) is 18.2 Å². The number of phenols is 1. The number of nitrogens with zero attached hydrogens (tertiary/aromatic N) is 6. The molecule has 0 aliphatic rings. The fourth-order valence-electron chi connectivity index (χ4n) is 4.56. The molecule has 17 nitrogen and oxygen atoms in total. The van der Waals surface area contributed by atoms with Crippen LogP contribution in [0.1, 0.15) is 15.9 Å². The minimum atomic E-state index is -5.01. The number of aromatic carboxylic acids is 1. The molecule has 6 N–H and O–H groups in total. The van der Waals surface area contributed by atoms with E-state index in [-0.39, 0.29) is 22.0 Å². The number of methoxy groups -OCH3 is 1. The monoisotopic (exact) mass is 719 g/mol. The Balaban J connectivity index is 1.40. The molecular formula is C31H25N7O10S2. The fourth-order valence-corrected chi connectivity index (χ4v) is 5.85. The normalized spacial score (nSPS) is 12.4. The third-order valence-corrected chi connectivity index (χ3v) is 8.76. The number of carbonyl (C=O) groups is 1. The van der Waals surface area contributed by atoms with E-state index in [2.05, 4.69) is 30.7 Å². The van der Waals surface area contributed by atoms with Gasteiger partial charge in [0.1, 0.15) is 26.9 Å². The van der Waals surface area contributed by atoms with Crippen LogP contribution in [0.5, 0.6) is 11.5 Å². The predicted molar refractivity (Wildman–Crippen MR) is 180 cm³/mol. The van der Waals surface area contributed by atoms with Crippen LogP contribution < -0.4 is 10.5 Å². The van der Waals surface area contributed by atoms with Crippen LogP contribution in [0.3, 0.4) is 0 Å². The quantitative estimate of drug-likeness (QED) is 0.0525. The fraction of sp³-hybridized carbons (Fsp3) is 0.0645. The van der Waals surface area contributed by atoms with Gasteiger partial charge in [-0.2, -0.15) is 37.3 Å². The van der Waals surface area contributed by atoms with Crippen molar-refractivity contribution in [1.29, 1.82) is 0 Å². The van der Waals surface area contributed by atoms with Crippen LogP contribution in [-0.4, -0.2) is 49.2 Å². The number of anilines is 1. The Bertz CT molecular complexity index is 2500. The van der Waals surface area contributed by atoms with Crippen LogP contribution in [0.4, 0.5) is 39.8 Å². The number of aromatic hydroxyl groups is 1. The molecule has 0 amide bonds. The van der Waals surface area contributed by atoms with Gasteiger partial charge < -0.3 is 20.7 Å². The lowest BCUT2D eigenvalue weighted by Crippen LogP contribution is -2.04. The Labute approximate surface area is 283 Å². The Morgan fingerprint density at radius 3 is 1.92 bits per heavy atom. The molecule has 0 heterocycles. The Morgan fingerprint density at radius 2 is 1.30 bits per heavy atom. The topological polar surface area (TPSA) is 276 Å². The van der Waals surface area contributed by atoms with Gasteiger partial charge in [0.15, 0.2) is 5.75 Å². The summed E-state index contributed by atoms with van der Waals surface area (Å²) in [6, 6.07) is 18.0. The number of nitrogens with two attached hydrogens (primary N) is 1. The van der Waals surface area contributed by atoms with Crippen LogP contribution in [0.2, 0.25) is 0 Å². The largest absolute Gasteiger partial charge is 0.505 e. The van der Waals surface area contributed by atoms with Crippen LogP contribution in [0.15, 0.2) is 119 Å². The zero-order valence-electron chi connectivity index (χ0n) is 25.8. The third kappa shape index (κ3) is 7.76. The smallest absolute Gasteiger partial charge is 0.335 e. The predicted octanol–water partition coefficient (Wildman–Crippen LogP) is 7.88. The van der Waals surface area contributed by atoms with Gasteiger partial charge in [-0.1, -0.05) is 6.07 Å². The van der Waals surface area contributed by atoms with E-state index in [4.69, 9.17) is 15.6 Å². The van der Waals surface area contributed by atoms with Crippen LogP contribution in [0, 0.1) is 6.92 Å². The summed E-state index contributed by atoms with van der Waals surface area (Å²) >= 11 is 0. The van der Waals surface area contributed by atoms with Gasteiger partial charge in [-0.3, -0.25) is 9.11 Å². The van der Waals surface area contributed by atoms with Crippen molar-refractivity contribution in [2.45, 2.75) is 16.7 Å². The first kappa shape index (κ1) is 35.2. The Kier molecular flexibility index (Phi) is 9.68. The summed E-state index contributed by atoms with van der Waals surface area (Å²) < 4.78 is 72.3. The second-order valence-electron chi connectivity index (χ2n) is 10.4. The first-order valence-corrected chi connectivity index (χ1v) is 16.8. The van der Waals surface area contributed by atoms with Crippen molar-refractivity contribution < 1.29 is 45.7 Å². The number of aryl methyl sites for hydroxylation is 1. The molecule has 0 saturated heterocycles. The van der Waals surface area contributed by atoms with Gasteiger partial charge in [0, 0.05) is 11.5 Å². The number of nitrogen functional groups attached to an aromatic ring is 1. The lowest BCUT2D eigenvalue weighted by molar-refractivity contribution is 0.0696. The molecule has 0 aliphatic heterocycles. The summed E-state index contributed by atoms with van der Waals surface area (Å²) in [5.74, 6) is -1.53. The maximum atomic E-state index is 12.2. The van der Waals surface area contributed by atoms with Crippen molar-refractivity contribution in [3.05, 3.63) is 90.0 Å². The number of fused-ring (bicyclic) bond motifs is 1. The zero-order valence-corrected chi connectivity index (χ0v) is 27.5. The molecule has 0 bridgehead atoms. The second kappa shape index (κ2) is 13.8. The number of hydrogen-bond acceptors (Lipinski definition) is 14. The summed E-state index contributed by atoms with van der Waals surface area (Å²) in [5.41, 5.74) is 7.02. The Morgan fingerprint density at radius 1 is 0.720 bits per heavy atom. The highest BCUT2D eigenvalue weighted by atomic mass is 32.2. The standard InChI is InChI=1S/C31H25N7O10S2/c1-16-10-20(35-38-29-28(50(45,46)47)13-18-12-27(49(42,43)44)23(32)15-22(18)30(29)39)6-8-24(16)36-37-25-9-7-21(14-26(25)48-2)34-33-19-5-3-4-17(11-19)31(40)41/h3-15,39H,32H2,1-2H3,(H,40,41)(H,42,43,44)(H,45,46,47). The number of rotatable bonds is 10. The van der Waals surface area contributed by atoms with Gasteiger partial charge in [-0.05, 0) is 84.6 Å². The second-order valence-corrected chi connectivity index (χ2v) is 13.2. The van der Waals surface area contributed by atoms with E-state index in [1.54, 1.807) is 49.4 Å². The lowest BCUT2D eigenvalue weighted by atomic mass is 10.1. The first-order valence-electron chi connectivity index (χ1n) is 14.0. The molecule has 256 valence electrons. The van der Waals surface area contributed by atoms with E-state index >= 15 is 0 Å². The highest BCUT2D eigenvalue weighted by molar-refractivity contribution is 7.86. The van der Waals surface area contributed by atoms with Crippen molar-refractivity contribution >= 4 is 76.8 Å². The van der Waals surface area contributed by atoms with E-state index in [9.17, 15) is 35.8 Å². The van der Waals surface area contributed by atoms with Crippen molar-refractivity contribution in [2.24, 2.45) is 30.7 Å². The maximum absolute atomic E-state index is 12.2. The molecule has 0 unspecified atom stereocenters. The third-order valence-electron chi connectivity index (χ3n) is 6.99. The minimum Gasteiger partial charge on any atom is -0.505 e. The number of azo groups is 3. The average molecular weight is 720 g/mol. The number of benzene rings is 5. The van der Waals surface area contributed by atoms with Crippen molar-refractivity contribution in [3.63, 3.8) is 0 Å². The molecule has 0 aliphatic carbocycles. The van der Waals surface area contributed by atoms with Gasteiger partial charge in [-0.15, -0.1) is 10.2 Å². The van der Waals surface area contributed by atoms with Gasteiger partial charge in [0.25, 0.3) is 20.2 Å². The first-order chi connectivity index (χ1) is 23.5. The average Bonchev–Trinajstić information content (AvgIpc) is 3.05. The molecule has 5 aromatic rings. The minimum absolute atomic E-state index is 0.0730. The van der Waals surface area contributed by atoms with Crippen LogP contribution in [0.25, 0.3) is 10.8 Å². The number of carboxylic acids is 1. The van der Waals surface area contributed by atoms with Gasteiger partial charge in [0.05, 0.1) is 41.1 Å². The molecule has 0 radical (unpaired) electrons. The van der Waals surface area contributed by atoms with Gasteiger partial charge in [-0.25, -0.2) is 4.79 Å². The summed E-state index contributed by atoms with van der Waals surface area (Å²) in [7, 11) is -8.37. The summed E-state index contributed by atoms with van der Waals surface area (Å²) in [4.78, 5) is 9.58. The van der Waals surface area contributed by atoms with E-state index in [1.807, 2.05) is 0 Å². The van der Waals surface area contributed by atoms with Crippen molar-refractivity contribution in [1.82, 2.24) is 0 Å². The van der Waals surface area contributed by atoms with Crippen molar-refractivity contribution in [3.8, 4) is 11.5 Å². The summed E-state index contributed by atoms with van der Waals surface area (Å²) in [6.45, 7) is 1.69. The molecule has 0 saturated carbocycles. The highest BCUT2D eigenvalue weighted by Crippen LogP contribution is 2.43. The molecule has 0 atom stereocenters. The maximum Gasteiger partial charge on any atom is 0.335 e. The number of hydrogen-bond donors (Lipinski definition) is 5. The Hall–Kier alpha value is -6.15. The molecule has 5 rings (SSSR count). The van der Waals surface area contributed by atoms with Crippen LogP contribution >= 0.6 is 0 Å². The molecule has 5 aromatic carbocycles. The van der Waals surface area contributed by atoms with Crippen molar-refractivity contribution in [2.75, 3.05) is 12.8 Å². The van der Waals surface area contributed by atoms with Gasteiger partial charge in [0.2, 0.25) is 0 Å². The summed E-state index contributed by atoms with van der Waals surface area (Å²) in [5, 5.41) is 44.3. The zero-order chi connectivity index (χ0) is 36.4. The summed E-state index contributed by atoms with van der Waals surface area (Å²) in [6.07, 6.45) is 0. The van der Waals surface area contributed by atoms with Crippen LogP contribution in [-0.2, 0) is 20.2 Å².